The van der Waals surface area contributed by atoms with E-state index in [1.165, 1.54) is 5.56 Å². The van der Waals surface area contributed by atoms with E-state index < -0.39 is 0 Å². The third-order valence-electron chi connectivity index (χ3n) is 2.46. The summed E-state index contributed by atoms with van der Waals surface area (Å²) >= 11 is 6.13. The molecule has 1 aromatic rings. The lowest BCUT2D eigenvalue weighted by molar-refractivity contribution is 0.356. The van der Waals surface area contributed by atoms with E-state index in [4.69, 9.17) is 11.6 Å². The fourth-order valence-corrected chi connectivity index (χ4v) is 1.76. The van der Waals surface area contributed by atoms with Crippen LogP contribution in [0.4, 0.5) is 0 Å². The Morgan fingerprint density at radius 1 is 1.25 bits per heavy atom. The van der Waals surface area contributed by atoms with Gasteiger partial charge in [-0.1, -0.05) is 50.6 Å². The maximum Gasteiger partial charge on any atom is 0.0438 e. The first-order valence-electron chi connectivity index (χ1n) is 5.85. The molecule has 90 valence electrons. The van der Waals surface area contributed by atoms with Crippen molar-refractivity contribution in [1.29, 1.82) is 0 Å². The van der Waals surface area contributed by atoms with Crippen molar-refractivity contribution in [1.82, 2.24) is 5.32 Å². The number of hydrogen-bond acceptors (Lipinski definition) is 1. The second-order valence-corrected chi connectivity index (χ2v) is 6.05. The quantitative estimate of drug-likeness (QED) is 0.840. The fraction of sp³-hybridized carbons (Fsp3) is 0.571. The summed E-state index contributed by atoms with van der Waals surface area (Å²) in [4.78, 5) is 0. The highest BCUT2D eigenvalue weighted by Crippen LogP contribution is 2.17. The molecule has 0 spiro atoms. The maximum atomic E-state index is 6.13. The Morgan fingerprint density at radius 3 is 2.44 bits per heavy atom. The van der Waals surface area contributed by atoms with Gasteiger partial charge in [0.25, 0.3) is 0 Å². The number of nitrogens with one attached hydrogen (secondary N) is 1. The Kier molecular flexibility index (Phi) is 4.82. The molecule has 0 aliphatic rings. The summed E-state index contributed by atoms with van der Waals surface area (Å²) < 4.78 is 0. The molecule has 1 nitrogen and oxygen atoms in total. The van der Waals surface area contributed by atoms with E-state index in [2.05, 4.69) is 39.1 Å². The lowest BCUT2D eigenvalue weighted by atomic mass is 9.96. The highest BCUT2D eigenvalue weighted by Gasteiger charge is 2.12. The number of rotatable bonds is 4. The zero-order valence-electron chi connectivity index (χ0n) is 10.7. The summed E-state index contributed by atoms with van der Waals surface area (Å²) in [5, 5.41) is 4.41. The minimum Gasteiger partial charge on any atom is -0.313 e. The number of benzene rings is 1. The monoisotopic (exact) mass is 239 g/mol. The summed E-state index contributed by atoms with van der Waals surface area (Å²) in [6.45, 7) is 9.94. The topological polar surface area (TPSA) is 12.0 Å². The van der Waals surface area contributed by atoms with Gasteiger partial charge in [0.05, 0.1) is 0 Å². The van der Waals surface area contributed by atoms with E-state index in [1.54, 1.807) is 0 Å². The molecule has 16 heavy (non-hydrogen) atoms. The van der Waals surface area contributed by atoms with Crippen LogP contribution in [-0.2, 0) is 6.42 Å². The van der Waals surface area contributed by atoms with Crippen LogP contribution in [0.3, 0.4) is 0 Å². The third kappa shape index (κ3) is 5.00. The van der Waals surface area contributed by atoms with E-state index in [-0.39, 0.29) is 0 Å². The van der Waals surface area contributed by atoms with E-state index in [1.807, 2.05) is 18.2 Å². The highest BCUT2D eigenvalue weighted by atomic mass is 35.5. The average Bonchev–Trinajstić information content (AvgIpc) is 2.18. The standard InChI is InChI=1S/C14H22ClN/c1-11(16-10-14(2,3)4)9-12-7-5-6-8-13(12)15/h5-8,11,16H,9-10H2,1-4H3. The Labute approximate surface area is 104 Å². The summed E-state index contributed by atoms with van der Waals surface area (Å²) in [6.07, 6.45) is 0.982. The zero-order valence-corrected chi connectivity index (χ0v) is 11.4. The van der Waals surface area contributed by atoms with Crippen molar-refractivity contribution < 1.29 is 0 Å². The Balaban J connectivity index is 2.46. The second kappa shape index (κ2) is 5.70. The molecule has 0 bridgehead atoms. The molecule has 0 saturated heterocycles. The second-order valence-electron chi connectivity index (χ2n) is 5.64. The number of halogens is 1. The van der Waals surface area contributed by atoms with Gasteiger partial charge in [0, 0.05) is 17.6 Å². The minimum absolute atomic E-state index is 0.328. The Morgan fingerprint density at radius 2 is 1.88 bits per heavy atom. The molecule has 1 rings (SSSR count). The molecule has 0 fully saturated rings. The van der Waals surface area contributed by atoms with Crippen molar-refractivity contribution in [2.45, 2.75) is 40.2 Å². The van der Waals surface area contributed by atoms with Gasteiger partial charge in [0.15, 0.2) is 0 Å². The van der Waals surface area contributed by atoms with Crippen LogP contribution in [0.2, 0.25) is 5.02 Å². The first kappa shape index (κ1) is 13.5. The van der Waals surface area contributed by atoms with E-state index in [0.29, 0.717) is 11.5 Å². The van der Waals surface area contributed by atoms with Gasteiger partial charge < -0.3 is 5.32 Å². The van der Waals surface area contributed by atoms with E-state index >= 15 is 0 Å². The molecule has 0 amide bonds. The lowest BCUT2D eigenvalue weighted by Crippen LogP contribution is -2.35. The van der Waals surface area contributed by atoms with Gasteiger partial charge in [-0.2, -0.15) is 0 Å². The molecule has 0 radical (unpaired) electrons. The normalized spacial score (nSPS) is 13.8. The molecule has 0 aliphatic heterocycles. The molecule has 1 aromatic carbocycles. The summed E-state index contributed by atoms with van der Waals surface area (Å²) in [6, 6.07) is 8.51. The van der Waals surface area contributed by atoms with Crippen molar-refractivity contribution in [2.24, 2.45) is 5.41 Å². The summed E-state index contributed by atoms with van der Waals surface area (Å²) in [5.41, 5.74) is 1.55. The van der Waals surface area contributed by atoms with Crippen molar-refractivity contribution in [3.05, 3.63) is 34.9 Å². The van der Waals surface area contributed by atoms with Crippen LogP contribution in [0.25, 0.3) is 0 Å². The van der Waals surface area contributed by atoms with Gasteiger partial charge in [-0.25, -0.2) is 0 Å². The van der Waals surface area contributed by atoms with Crippen LogP contribution >= 0.6 is 11.6 Å². The van der Waals surface area contributed by atoms with Gasteiger partial charge in [-0.15, -0.1) is 0 Å². The minimum atomic E-state index is 0.328. The summed E-state index contributed by atoms with van der Waals surface area (Å²) in [7, 11) is 0. The molecule has 0 aromatic heterocycles. The Hall–Kier alpha value is -0.530. The van der Waals surface area contributed by atoms with Crippen molar-refractivity contribution in [3.63, 3.8) is 0 Å². The van der Waals surface area contributed by atoms with Gasteiger partial charge >= 0.3 is 0 Å². The molecular weight excluding hydrogens is 218 g/mol. The highest BCUT2D eigenvalue weighted by molar-refractivity contribution is 6.31. The van der Waals surface area contributed by atoms with Crippen LogP contribution in [0.1, 0.15) is 33.3 Å². The molecule has 0 aliphatic carbocycles. The van der Waals surface area contributed by atoms with Crippen LogP contribution in [0.15, 0.2) is 24.3 Å². The van der Waals surface area contributed by atoms with E-state index in [9.17, 15) is 0 Å². The van der Waals surface area contributed by atoms with Crippen LogP contribution < -0.4 is 5.32 Å². The number of hydrogen-bond donors (Lipinski definition) is 1. The Bertz CT molecular complexity index is 328. The molecular formula is C14H22ClN. The fourth-order valence-electron chi connectivity index (χ4n) is 1.55. The van der Waals surface area contributed by atoms with Crippen LogP contribution in [-0.4, -0.2) is 12.6 Å². The molecule has 1 N–H and O–H groups in total. The van der Waals surface area contributed by atoms with Crippen LogP contribution in [0, 0.1) is 5.41 Å². The third-order valence-corrected chi connectivity index (χ3v) is 2.83. The van der Waals surface area contributed by atoms with Gasteiger partial charge in [0.1, 0.15) is 0 Å². The lowest BCUT2D eigenvalue weighted by Gasteiger charge is -2.23. The smallest absolute Gasteiger partial charge is 0.0438 e. The van der Waals surface area contributed by atoms with Crippen molar-refractivity contribution >= 4 is 11.6 Å². The molecule has 1 unspecified atom stereocenters. The van der Waals surface area contributed by atoms with Gasteiger partial charge in [0.2, 0.25) is 0 Å². The zero-order chi connectivity index (χ0) is 12.2. The predicted molar refractivity (Wildman–Crippen MR) is 72.1 cm³/mol. The molecule has 2 heteroatoms. The predicted octanol–water partition coefficient (Wildman–Crippen LogP) is 3.91. The van der Waals surface area contributed by atoms with Crippen molar-refractivity contribution in [3.8, 4) is 0 Å². The largest absolute Gasteiger partial charge is 0.313 e. The van der Waals surface area contributed by atoms with Gasteiger partial charge in [-0.05, 0) is 30.4 Å². The first-order chi connectivity index (χ1) is 7.38. The molecule has 0 heterocycles. The molecule has 0 saturated carbocycles. The van der Waals surface area contributed by atoms with E-state index in [0.717, 1.165) is 18.0 Å². The van der Waals surface area contributed by atoms with Crippen molar-refractivity contribution in [2.75, 3.05) is 6.54 Å². The van der Waals surface area contributed by atoms with Crippen LogP contribution in [0.5, 0.6) is 0 Å². The summed E-state index contributed by atoms with van der Waals surface area (Å²) in [5.74, 6) is 0. The maximum absolute atomic E-state index is 6.13. The first-order valence-corrected chi connectivity index (χ1v) is 6.23. The molecule has 1 atom stereocenters. The SMILES string of the molecule is CC(Cc1ccccc1Cl)NCC(C)(C)C. The van der Waals surface area contributed by atoms with Gasteiger partial charge in [-0.3, -0.25) is 0 Å². The average molecular weight is 240 g/mol.